The number of halogens is 3. The number of nitrogens with zero attached hydrogens (tertiary/aromatic N) is 2. The molecule has 0 radical (unpaired) electrons. The van der Waals surface area contributed by atoms with Gasteiger partial charge in [-0.15, -0.1) is 0 Å². The lowest BCUT2D eigenvalue weighted by Crippen LogP contribution is -2.49. The summed E-state index contributed by atoms with van der Waals surface area (Å²) in [6, 6.07) is 11.2. The lowest BCUT2D eigenvalue weighted by molar-refractivity contribution is -0.139. The van der Waals surface area contributed by atoms with Crippen LogP contribution in [0.25, 0.3) is 0 Å². The van der Waals surface area contributed by atoms with E-state index in [2.05, 4.69) is 0 Å². The molecule has 0 atom stereocenters. The van der Waals surface area contributed by atoms with Crippen LogP contribution in [0.5, 0.6) is 0 Å². The summed E-state index contributed by atoms with van der Waals surface area (Å²) in [6.45, 7) is 2.29. The zero-order valence-electron chi connectivity index (χ0n) is 15.1. The molecular weight excluding hydrogens is 393 g/mol. The minimum atomic E-state index is -4.75. The maximum absolute atomic E-state index is 13.2. The molecule has 5 nitrogen and oxygen atoms in total. The van der Waals surface area contributed by atoms with Crippen molar-refractivity contribution >= 4 is 21.5 Å². The Balaban J connectivity index is 1.77. The summed E-state index contributed by atoms with van der Waals surface area (Å²) in [4.78, 5) is 12.6. The van der Waals surface area contributed by atoms with Crippen LogP contribution in [0.1, 0.15) is 22.8 Å². The average Bonchev–Trinajstić information content (AvgIpc) is 2.67. The summed E-state index contributed by atoms with van der Waals surface area (Å²) in [5.74, 6) is -0.0502. The van der Waals surface area contributed by atoms with Crippen molar-refractivity contribution in [1.82, 2.24) is 4.31 Å². The van der Waals surface area contributed by atoms with Gasteiger partial charge in [0.05, 0.1) is 10.5 Å². The molecule has 0 aromatic heterocycles. The van der Waals surface area contributed by atoms with Gasteiger partial charge in [-0.3, -0.25) is 4.79 Å². The highest BCUT2D eigenvalue weighted by Gasteiger charge is 2.39. The molecule has 0 spiro atoms. The molecule has 1 fully saturated rings. The van der Waals surface area contributed by atoms with E-state index >= 15 is 0 Å². The van der Waals surface area contributed by atoms with E-state index in [-0.39, 0.29) is 18.9 Å². The Morgan fingerprint density at radius 1 is 0.929 bits per heavy atom. The van der Waals surface area contributed by atoms with Crippen LogP contribution in [-0.4, -0.2) is 44.7 Å². The van der Waals surface area contributed by atoms with Crippen LogP contribution >= 0.6 is 0 Å². The number of carbonyl (C=O) groups excluding carboxylic acids is 1. The number of rotatable bonds is 4. The molecule has 0 N–H and O–H groups in total. The minimum absolute atomic E-state index is 0.0502. The van der Waals surface area contributed by atoms with E-state index in [0.29, 0.717) is 18.7 Å². The number of hydrogen-bond donors (Lipinski definition) is 0. The van der Waals surface area contributed by atoms with E-state index in [1.54, 1.807) is 24.3 Å². The molecule has 1 aliphatic rings. The van der Waals surface area contributed by atoms with Crippen molar-refractivity contribution in [3.05, 3.63) is 59.7 Å². The van der Waals surface area contributed by atoms with Gasteiger partial charge >= 0.3 is 6.18 Å². The molecule has 1 saturated heterocycles. The van der Waals surface area contributed by atoms with Crippen molar-refractivity contribution in [3.8, 4) is 0 Å². The molecule has 1 aliphatic heterocycles. The van der Waals surface area contributed by atoms with Crippen LogP contribution in [0.15, 0.2) is 53.4 Å². The van der Waals surface area contributed by atoms with Gasteiger partial charge in [-0.25, -0.2) is 8.42 Å². The molecule has 0 bridgehead atoms. The number of Topliss-reactive ketones (excluding diaryl/α,β-unsaturated/α-hetero) is 1. The first-order chi connectivity index (χ1) is 13.1. The lowest BCUT2D eigenvalue weighted by atomic mass is 10.1. The fourth-order valence-electron chi connectivity index (χ4n) is 3.16. The van der Waals surface area contributed by atoms with Crippen LogP contribution in [0, 0.1) is 0 Å². The van der Waals surface area contributed by atoms with Crippen LogP contribution in [0.4, 0.5) is 18.9 Å². The predicted molar refractivity (Wildman–Crippen MR) is 98.9 cm³/mol. The van der Waals surface area contributed by atoms with E-state index in [0.717, 1.165) is 22.1 Å². The highest BCUT2D eigenvalue weighted by atomic mass is 32.2. The monoisotopic (exact) mass is 412 g/mol. The van der Waals surface area contributed by atoms with E-state index in [4.69, 9.17) is 0 Å². The van der Waals surface area contributed by atoms with E-state index in [1.807, 2.05) is 4.90 Å². The molecule has 2 aromatic rings. The van der Waals surface area contributed by atoms with Crippen LogP contribution in [0.3, 0.4) is 0 Å². The summed E-state index contributed by atoms with van der Waals surface area (Å²) in [5, 5.41) is 0. The summed E-state index contributed by atoms with van der Waals surface area (Å²) < 4.78 is 66.3. The third-order valence-electron chi connectivity index (χ3n) is 4.69. The number of alkyl halides is 3. The third kappa shape index (κ3) is 4.05. The van der Waals surface area contributed by atoms with E-state index in [1.165, 1.54) is 19.1 Å². The number of benzene rings is 2. The average molecular weight is 412 g/mol. The molecule has 0 unspecified atom stereocenters. The highest BCUT2D eigenvalue weighted by molar-refractivity contribution is 7.89. The molecule has 150 valence electrons. The predicted octanol–water partition coefficient (Wildman–Crippen LogP) is 3.42. The first-order valence-electron chi connectivity index (χ1n) is 8.63. The Labute approximate surface area is 161 Å². The quantitative estimate of drug-likeness (QED) is 0.722. The van der Waals surface area contributed by atoms with Gasteiger partial charge in [0.1, 0.15) is 0 Å². The Bertz CT molecular complexity index is 965. The van der Waals surface area contributed by atoms with Gasteiger partial charge in [-0.2, -0.15) is 17.5 Å². The maximum atomic E-state index is 13.2. The van der Waals surface area contributed by atoms with Gasteiger partial charge in [-0.1, -0.05) is 12.1 Å². The molecule has 28 heavy (non-hydrogen) atoms. The summed E-state index contributed by atoms with van der Waals surface area (Å²) in [7, 11) is -4.26. The molecule has 0 amide bonds. The standard InChI is InChI=1S/C19H19F3N2O3S/c1-14(25)15-6-8-16(9-7-15)23-10-12-24(13-11-23)28(26,27)18-5-3-2-4-17(18)19(20,21)22/h2-9H,10-13H2,1H3. The van der Waals surface area contributed by atoms with Gasteiger partial charge in [0.15, 0.2) is 5.78 Å². The number of piperazine rings is 1. The SMILES string of the molecule is CC(=O)c1ccc(N2CCN(S(=O)(=O)c3ccccc3C(F)(F)F)CC2)cc1. The first kappa shape index (κ1) is 20.3. The zero-order chi connectivity index (χ0) is 20.5. The van der Waals surface area contributed by atoms with E-state index < -0.39 is 26.7 Å². The maximum Gasteiger partial charge on any atom is 0.417 e. The number of ketones is 1. The summed E-state index contributed by atoms with van der Waals surface area (Å²) in [5.41, 5.74) is 0.253. The van der Waals surface area contributed by atoms with Gasteiger partial charge in [0.2, 0.25) is 10.0 Å². The topological polar surface area (TPSA) is 57.7 Å². The number of sulfonamides is 1. The van der Waals surface area contributed by atoms with Gasteiger partial charge < -0.3 is 4.90 Å². The first-order valence-corrected chi connectivity index (χ1v) is 10.1. The second-order valence-corrected chi connectivity index (χ2v) is 8.39. The lowest BCUT2D eigenvalue weighted by Gasteiger charge is -2.35. The van der Waals surface area contributed by atoms with Gasteiger partial charge in [-0.05, 0) is 43.3 Å². The van der Waals surface area contributed by atoms with Crippen LogP contribution in [0.2, 0.25) is 0 Å². The number of hydrogen-bond acceptors (Lipinski definition) is 4. The molecule has 1 heterocycles. The molecule has 0 aliphatic carbocycles. The number of carbonyl (C=O) groups is 1. The van der Waals surface area contributed by atoms with Crippen molar-refractivity contribution in [2.45, 2.75) is 18.0 Å². The Morgan fingerprint density at radius 2 is 1.50 bits per heavy atom. The number of anilines is 1. The second kappa shape index (κ2) is 7.56. The Kier molecular flexibility index (Phi) is 5.49. The molecular formula is C19H19F3N2O3S. The van der Waals surface area contributed by atoms with Crippen LogP contribution in [-0.2, 0) is 16.2 Å². The minimum Gasteiger partial charge on any atom is -0.369 e. The largest absolute Gasteiger partial charge is 0.417 e. The van der Waals surface area contributed by atoms with Gasteiger partial charge in [0.25, 0.3) is 0 Å². The van der Waals surface area contributed by atoms with Crippen LogP contribution < -0.4 is 4.90 Å². The summed E-state index contributed by atoms with van der Waals surface area (Å²) >= 11 is 0. The van der Waals surface area contributed by atoms with E-state index in [9.17, 15) is 26.4 Å². The highest BCUT2D eigenvalue weighted by Crippen LogP contribution is 2.35. The zero-order valence-corrected chi connectivity index (χ0v) is 15.9. The Hall–Kier alpha value is -2.39. The van der Waals surface area contributed by atoms with Gasteiger partial charge in [0, 0.05) is 37.4 Å². The molecule has 9 heteroatoms. The second-order valence-electron chi connectivity index (χ2n) is 6.49. The molecule has 2 aromatic carbocycles. The normalized spacial score (nSPS) is 16.2. The fraction of sp³-hybridized carbons (Fsp3) is 0.316. The fourth-order valence-corrected chi connectivity index (χ4v) is 4.79. The van der Waals surface area contributed by atoms with Crippen molar-refractivity contribution in [1.29, 1.82) is 0 Å². The molecule has 3 rings (SSSR count). The Morgan fingerprint density at radius 3 is 2.04 bits per heavy atom. The van der Waals surface area contributed by atoms with Crippen molar-refractivity contribution in [2.75, 3.05) is 31.1 Å². The molecule has 0 saturated carbocycles. The third-order valence-corrected chi connectivity index (χ3v) is 6.64. The summed E-state index contributed by atoms with van der Waals surface area (Å²) in [6.07, 6.45) is -4.75. The van der Waals surface area contributed by atoms with Crippen molar-refractivity contribution in [3.63, 3.8) is 0 Å². The van der Waals surface area contributed by atoms with Crippen molar-refractivity contribution in [2.24, 2.45) is 0 Å². The van der Waals surface area contributed by atoms with Crippen molar-refractivity contribution < 1.29 is 26.4 Å². The smallest absolute Gasteiger partial charge is 0.369 e.